The van der Waals surface area contributed by atoms with Gasteiger partial charge in [-0.1, -0.05) is 38.1 Å². The fraction of sp³-hybridized carbons (Fsp3) is 0.269. The summed E-state index contributed by atoms with van der Waals surface area (Å²) in [6.45, 7) is 9.12. The molecule has 0 aromatic heterocycles. The van der Waals surface area contributed by atoms with Crippen LogP contribution in [0.25, 0.3) is 0 Å². The SMILES string of the molecule is CCOc1ccc(C(=O)Nc2ccc(C(C)C)cc2)cc1COc1cccc(C)c1. The van der Waals surface area contributed by atoms with Crippen molar-refractivity contribution in [3.05, 3.63) is 89.0 Å². The number of amides is 1. The predicted octanol–water partition coefficient (Wildman–Crippen LogP) is 6.35. The number of hydrogen-bond acceptors (Lipinski definition) is 3. The predicted molar refractivity (Wildman–Crippen MR) is 122 cm³/mol. The number of hydrogen-bond donors (Lipinski definition) is 1. The number of nitrogens with one attached hydrogen (secondary N) is 1. The number of rotatable bonds is 8. The summed E-state index contributed by atoms with van der Waals surface area (Å²) < 4.78 is 11.7. The van der Waals surface area contributed by atoms with Crippen molar-refractivity contribution in [1.29, 1.82) is 0 Å². The van der Waals surface area contributed by atoms with Gasteiger partial charge in [-0.15, -0.1) is 0 Å². The van der Waals surface area contributed by atoms with Crippen molar-refractivity contribution in [3.8, 4) is 11.5 Å². The van der Waals surface area contributed by atoms with Crippen molar-refractivity contribution in [2.75, 3.05) is 11.9 Å². The highest BCUT2D eigenvalue weighted by Gasteiger charge is 2.12. The lowest BCUT2D eigenvalue weighted by Crippen LogP contribution is -2.13. The molecule has 0 fully saturated rings. The van der Waals surface area contributed by atoms with Gasteiger partial charge in [0.05, 0.1) is 6.61 Å². The minimum atomic E-state index is -0.160. The molecule has 0 heterocycles. The summed E-state index contributed by atoms with van der Waals surface area (Å²) in [4.78, 5) is 12.8. The zero-order valence-corrected chi connectivity index (χ0v) is 18.1. The van der Waals surface area contributed by atoms with E-state index in [1.807, 2.05) is 74.5 Å². The lowest BCUT2D eigenvalue weighted by Gasteiger charge is -2.14. The standard InChI is InChI=1S/C26H29NO3/c1-5-29-25-14-11-21(16-22(25)17-30-24-8-6-7-19(4)15-24)26(28)27-23-12-9-20(10-13-23)18(2)3/h6-16,18H,5,17H2,1-4H3,(H,27,28). The third-order valence-electron chi connectivity index (χ3n) is 4.84. The van der Waals surface area contributed by atoms with Gasteiger partial charge in [0.25, 0.3) is 5.91 Å². The monoisotopic (exact) mass is 403 g/mol. The van der Waals surface area contributed by atoms with Crippen LogP contribution in [0.5, 0.6) is 11.5 Å². The van der Waals surface area contributed by atoms with E-state index in [0.717, 1.165) is 28.3 Å². The lowest BCUT2D eigenvalue weighted by molar-refractivity contribution is 0.102. The summed E-state index contributed by atoms with van der Waals surface area (Å²) in [6, 6.07) is 21.3. The van der Waals surface area contributed by atoms with E-state index in [2.05, 4.69) is 19.2 Å². The van der Waals surface area contributed by atoms with Crippen LogP contribution in [0.2, 0.25) is 0 Å². The zero-order chi connectivity index (χ0) is 21.5. The molecule has 0 atom stereocenters. The van der Waals surface area contributed by atoms with Gasteiger partial charge in [-0.05, 0) is 73.4 Å². The molecule has 0 aliphatic carbocycles. The fourth-order valence-electron chi connectivity index (χ4n) is 3.15. The third kappa shape index (κ3) is 5.63. The summed E-state index contributed by atoms with van der Waals surface area (Å²) in [7, 11) is 0. The maximum atomic E-state index is 12.8. The van der Waals surface area contributed by atoms with E-state index < -0.39 is 0 Å². The minimum Gasteiger partial charge on any atom is -0.493 e. The van der Waals surface area contributed by atoms with Crippen LogP contribution < -0.4 is 14.8 Å². The number of carbonyl (C=O) groups excluding carboxylic acids is 1. The summed E-state index contributed by atoms with van der Waals surface area (Å²) in [5.41, 5.74) is 4.55. The first-order valence-corrected chi connectivity index (χ1v) is 10.3. The maximum absolute atomic E-state index is 12.8. The largest absolute Gasteiger partial charge is 0.493 e. The maximum Gasteiger partial charge on any atom is 0.255 e. The molecular formula is C26H29NO3. The van der Waals surface area contributed by atoms with Gasteiger partial charge in [-0.2, -0.15) is 0 Å². The zero-order valence-electron chi connectivity index (χ0n) is 18.1. The molecule has 4 heteroatoms. The average Bonchev–Trinajstić information content (AvgIpc) is 2.73. The van der Waals surface area contributed by atoms with E-state index in [0.29, 0.717) is 24.7 Å². The Morgan fingerprint density at radius 3 is 2.40 bits per heavy atom. The van der Waals surface area contributed by atoms with Crippen LogP contribution >= 0.6 is 0 Å². The highest BCUT2D eigenvalue weighted by Crippen LogP contribution is 2.24. The second-order valence-corrected chi connectivity index (χ2v) is 7.59. The van der Waals surface area contributed by atoms with Gasteiger partial charge in [-0.25, -0.2) is 0 Å². The molecule has 0 spiro atoms. The molecule has 0 saturated carbocycles. The van der Waals surface area contributed by atoms with E-state index in [-0.39, 0.29) is 5.91 Å². The first-order valence-electron chi connectivity index (χ1n) is 10.3. The molecule has 0 radical (unpaired) electrons. The quantitative estimate of drug-likeness (QED) is 0.477. The van der Waals surface area contributed by atoms with Crippen LogP contribution in [0, 0.1) is 6.92 Å². The average molecular weight is 404 g/mol. The topological polar surface area (TPSA) is 47.6 Å². The van der Waals surface area contributed by atoms with Gasteiger partial charge in [0, 0.05) is 16.8 Å². The van der Waals surface area contributed by atoms with Crippen molar-refractivity contribution in [2.24, 2.45) is 0 Å². The second-order valence-electron chi connectivity index (χ2n) is 7.59. The number of ether oxygens (including phenoxy) is 2. The van der Waals surface area contributed by atoms with Gasteiger partial charge in [0.15, 0.2) is 0 Å². The van der Waals surface area contributed by atoms with Crippen molar-refractivity contribution in [2.45, 2.75) is 40.2 Å². The summed E-state index contributed by atoms with van der Waals surface area (Å²) in [6.07, 6.45) is 0. The van der Waals surface area contributed by atoms with Gasteiger partial charge in [0.2, 0.25) is 0 Å². The molecule has 0 bridgehead atoms. The second kappa shape index (κ2) is 9.97. The Kier molecular flexibility index (Phi) is 7.12. The molecule has 4 nitrogen and oxygen atoms in total. The lowest BCUT2D eigenvalue weighted by atomic mass is 10.0. The molecule has 3 aromatic carbocycles. The Balaban J connectivity index is 1.75. The number of aryl methyl sites for hydroxylation is 1. The van der Waals surface area contributed by atoms with Crippen molar-refractivity contribution < 1.29 is 14.3 Å². The molecule has 0 unspecified atom stereocenters. The van der Waals surface area contributed by atoms with Crippen LogP contribution in [0.4, 0.5) is 5.69 Å². The Labute approximate surface area is 178 Å². The third-order valence-corrected chi connectivity index (χ3v) is 4.84. The molecule has 30 heavy (non-hydrogen) atoms. The molecule has 3 rings (SSSR count). The Morgan fingerprint density at radius 1 is 0.967 bits per heavy atom. The highest BCUT2D eigenvalue weighted by atomic mass is 16.5. The molecule has 1 amide bonds. The molecule has 3 aromatic rings. The first-order chi connectivity index (χ1) is 14.5. The van der Waals surface area contributed by atoms with Crippen LogP contribution in [-0.4, -0.2) is 12.5 Å². The van der Waals surface area contributed by atoms with Crippen molar-refractivity contribution in [1.82, 2.24) is 0 Å². The van der Waals surface area contributed by atoms with E-state index in [4.69, 9.17) is 9.47 Å². The number of benzene rings is 3. The molecule has 0 aliphatic heterocycles. The molecule has 0 aliphatic rings. The van der Waals surface area contributed by atoms with Crippen LogP contribution in [0.3, 0.4) is 0 Å². The summed E-state index contributed by atoms with van der Waals surface area (Å²) >= 11 is 0. The van der Waals surface area contributed by atoms with Crippen molar-refractivity contribution in [3.63, 3.8) is 0 Å². The number of carbonyl (C=O) groups is 1. The molecular weight excluding hydrogens is 374 g/mol. The minimum absolute atomic E-state index is 0.160. The molecule has 156 valence electrons. The number of anilines is 1. The van der Waals surface area contributed by atoms with E-state index in [1.54, 1.807) is 6.07 Å². The van der Waals surface area contributed by atoms with Crippen LogP contribution in [0.1, 0.15) is 53.7 Å². The Hall–Kier alpha value is -3.27. The smallest absolute Gasteiger partial charge is 0.255 e. The van der Waals surface area contributed by atoms with Crippen LogP contribution in [0.15, 0.2) is 66.7 Å². The van der Waals surface area contributed by atoms with Gasteiger partial charge in [-0.3, -0.25) is 4.79 Å². The Bertz CT molecular complexity index is 993. The van der Waals surface area contributed by atoms with Gasteiger partial charge in [0.1, 0.15) is 18.1 Å². The van der Waals surface area contributed by atoms with Gasteiger partial charge < -0.3 is 14.8 Å². The summed E-state index contributed by atoms with van der Waals surface area (Å²) in [5, 5.41) is 2.96. The molecule has 0 saturated heterocycles. The Morgan fingerprint density at radius 2 is 1.73 bits per heavy atom. The highest BCUT2D eigenvalue weighted by molar-refractivity contribution is 6.04. The first kappa shape index (κ1) is 21.4. The summed E-state index contributed by atoms with van der Waals surface area (Å²) in [5.74, 6) is 1.81. The fourth-order valence-corrected chi connectivity index (χ4v) is 3.15. The van der Waals surface area contributed by atoms with Crippen LogP contribution in [-0.2, 0) is 6.61 Å². The van der Waals surface area contributed by atoms with E-state index in [9.17, 15) is 4.79 Å². The molecule has 1 N–H and O–H groups in total. The van der Waals surface area contributed by atoms with Gasteiger partial charge >= 0.3 is 0 Å². The van der Waals surface area contributed by atoms with Crippen molar-refractivity contribution >= 4 is 11.6 Å². The van der Waals surface area contributed by atoms with E-state index in [1.165, 1.54) is 5.56 Å². The van der Waals surface area contributed by atoms with E-state index >= 15 is 0 Å². The normalized spacial score (nSPS) is 10.7.